The molecule has 0 radical (unpaired) electrons. The zero-order chi connectivity index (χ0) is 21.2. The molecule has 3 rings (SSSR count). The molecule has 30 heavy (non-hydrogen) atoms. The largest absolute Gasteiger partial charge is 0.489 e. The molecular formula is C23H30N4O3. The van der Waals surface area contributed by atoms with Crippen molar-refractivity contribution >= 4 is 12.1 Å². The highest BCUT2D eigenvalue weighted by atomic mass is 16.6. The number of aliphatic imine (C=N–C) groups is 1. The lowest BCUT2D eigenvalue weighted by Crippen LogP contribution is -2.48. The van der Waals surface area contributed by atoms with Gasteiger partial charge in [-0.25, -0.2) is 9.79 Å². The maximum atomic E-state index is 11.8. The second-order valence-corrected chi connectivity index (χ2v) is 7.23. The number of para-hydroxylation sites is 1. The summed E-state index contributed by atoms with van der Waals surface area (Å²) in [6, 6.07) is 18.1. The van der Waals surface area contributed by atoms with Crippen molar-refractivity contribution in [3.63, 3.8) is 0 Å². The highest BCUT2D eigenvalue weighted by Gasteiger charge is 2.23. The third-order valence-electron chi connectivity index (χ3n) is 4.95. The highest BCUT2D eigenvalue weighted by Crippen LogP contribution is 2.14. The maximum Gasteiger partial charge on any atom is 0.409 e. The number of hydrogen-bond acceptors (Lipinski definition) is 4. The monoisotopic (exact) mass is 410 g/mol. The standard InChI is InChI=1S/C23H30N4O3/c1-2-29-23(28)27-13-11-20(12-14-27)26-22(24)25-16-18-7-6-8-19(15-18)17-30-21-9-4-3-5-10-21/h3-10,15,20H,2,11-14,16-17H2,1H3,(H3,24,25,26). The number of guanidine groups is 1. The average Bonchev–Trinajstić information content (AvgIpc) is 2.78. The summed E-state index contributed by atoms with van der Waals surface area (Å²) in [6.07, 6.45) is 1.40. The molecule has 2 aromatic rings. The molecule has 1 heterocycles. The highest BCUT2D eigenvalue weighted by molar-refractivity contribution is 5.78. The molecule has 0 aromatic heterocycles. The van der Waals surface area contributed by atoms with E-state index in [4.69, 9.17) is 15.2 Å². The topological polar surface area (TPSA) is 89.2 Å². The number of benzene rings is 2. The van der Waals surface area contributed by atoms with E-state index in [0.717, 1.165) is 29.7 Å². The first-order chi connectivity index (χ1) is 14.6. The van der Waals surface area contributed by atoms with Gasteiger partial charge in [-0.15, -0.1) is 0 Å². The van der Waals surface area contributed by atoms with Crippen LogP contribution < -0.4 is 15.8 Å². The van der Waals surface area contributed by atoms with Crippen LogP contribution in [0.2, 0.25) is 0 Å². The quantitative estimate of drug-likeness (QED) is 0.540. The fraction of sp³-hybridized carbons (Fsp3) is 0.391. The Labute approximate surface area is 177 Å². The summed E-state index contributed by atoms with van der Waals surface area (Å²) in [6.45, 7) is 4.54. The fourth-order valence-electron chi connectivity index (χ4n) is 3.35. The van der Waals surface area contributed by atoms with Gasteiger partial charge in [0.05, 0.1) is 13.2 Å². The Kier molecular flexibility index (Phi) is 7.94. The molecule has 0 bridgehead atoms. The number of carbonyl (C=O) groups is 1. The number of piperidine rings is 1. The van der Waals surface area contributed by atoms with Gasteiger partial charge in [-0.3, -0.25) is 0 Å². The summed E-state index contributed by atoms with van der Waals surface area (Å²) < 4.78 is 10.9. The van der Waals surface area contributed by atoms with Gasteiger partial charge in [0.1, 0.15) is 12.4 Å². The minimum absolute atomic E-state index is 0.213. The van der Waals surface area contributed by atoms with Crippen LogP contribution >= 0.6 is 0 Å². The van der Waals surface area contributed by atoms with Crippen LogP contribution in [0.1, 0.15) is 30.9 Å². The van der Waals surface area contributed by atoms with E-state index in [1.165, 1.54) is 0 Å². The number of nitrogens with one attached hydrogen (secondary N) is 1. The molecule has 3 N–H and O–H groups in total. The molecule has 7 heteroatoms. The van der Waals surface area contributed by atoms with Crippen LogP contribution in [0.4, 0.5) is 4.79 Å². The van der Waals surface area contributed by atoms with Crippen molar-refractivity contribution in [3.05, 3.63) is 65.7 Å². The molecule has 0 saturated carbocycles. The minimum atomic E-state index is -0.242. The smallest absolute Gasteiger partial charge is 0.409 e. The van der Waals surface area contributed by atoms with Crippen LogP contribution in [0.25, 0.3) is 0 Å². The second kappa shape index (κ2) is 11.1. The molecule has 1 aliphatic rings. The summed E-state index contributed by atoms with van der Waals surface area (Å²) in [5.74, 6) is 1.28. The fourth-order valence-corrected chi connectivity index (χ4v) is 3.35. The van der Waals surface area contributed by atoms with Gasteiger partial charge in [0.2, 0.25) is 0 Å². The molecule has 7 nitrogen and oxygen atoms in total. The first kappa shape index (κ1) is 21.5. The van der Waals surface area contributed by atoms with E-state index in [1.807, 2.05) is 55.5 Å². The van der Waals surface area contributed by atoms with Crippen LogP contribution in [0.3, 0.4) is 0 Å². The zero-order valence-corrected chi connectivity index (χ0v) is 17.4. The molecule has 1 aliphatic heterocycles. The number of nitrogens with zero attached hydrogens (tertiary/aromatic N) is 2. The van der Waals surface area contributed by atoms with Gasteiger partial charge in [-0.05, 0) is 43.0 Å². The van der Waals surface area contributed by atoms with Crippen LogP contribution in [-0.4, -0.2) is 42.7 Å². The van der Waals surface area contributed by atoms with E-state index in [1.54, 1.807) is 4.90 Å². The number of carbonyl (C=O) groups excluding carboxylic acids is 1. The Morgan fingerprint density at radius 2 is 1.87 bits per heavy atom. The molecule has 0 unspecified atom stereocenters. The summed E-state index contributed by atoms with van der Waals surface area (Å²) in [5.41, 5.74) is 8.24. The van der Waals surface area contributed by atoms with Crippen LogP contribution in [0.15, 0.2) is 59.6 Å². The summed E-state index contributed by atoms with van der Waals surface area (Å²) in [4.78, 5) is 18.0. The Hall–Kier alpha value is -3.22. The molecule has 160 valence electrons. The van der Waals surface area contributed by atoms with E-state index in [0.29, 0.717) is 38.8 Å². The number of nitrogens with two attached hydrogens (primary N) is 1. The third kappa shape index (κ3) is 6.69. The first-order valence-corrected chi connectivity index (χ1v) is 10.4. The first-order valence-electron chi connectivity index (χ1n) is 10.4. The molecule has 1 fully saturated rings. The van der Waals surface area contributed by atoms with Crippen molar-refractivity contribution < 1.29 is 14.3 Å². The molecule has 0 atom stereocenters. The van der Waals surface area contributed by atoms with Gasteiger partial charge in [0, 0.05) is 19.1 Å². The molecule has 1 saturated heterocycles. The number of ether oxygens (including phenoxy) is 2. The minimum Gasteiger partial charge on any atom is -0.489 e. The number of rotatable bonds is 7. The number of likely N-dealkylation sites (tertiary alicyclic amines) is 1. The van der Waals surface area contributed by atoms with Crippen molar-refractivity contribution in [2.24, 2.45) is 10.7 Å². The van der Waals surface area contributed by atoms with Gasteiger partial charge in [0.15, 0.2) is 5.96 Å². The van der Waals surface area contributed by atoms with Gasteiger partial charge in [-0.2, -0.15) is 0 Å². The lowest BCUT2D eigenvalue weighted by molar-refractivity contribution is 0.0963. The molecule has 0 aliphatic carbocycles. The normalized spacial score (nSPS) is 15.0. The van der Waals surface area contributed by atoms with Gasteiger partial charge in [0.25, 0.3) is 0 Å². The molecule has 2 aromatic carbocycles. The van der Waals surface area contributed by atoms with E-state index in [9.17, 15) is 4.79 Å². The van der Waals surface area contributed by atoms with E-state index < -0.39 is 0 Å². The molecule has 1 amide bonds. The Balaban J connectivity index is 1.44. The van der Waals surface area contributed by atoms with E-state index >= 15 is 0 Å². The predicted molar refractivity (Wildman–Crippen MR) is 117 cm³/mol. The SMILES string of the molecule is CCOC(=O)N1CCC(NC(N)=NCc2cccc(COc3ccccc3)c2)CC1. The summed E-state index contributed by atoms with van der Waals surface area (Å²) in [5, 5.41) is 3.27. The van der Waals surface area contributed by atoms with Crippen molar-refractivity contribution in [1.29, 1.82) is 0 Å². The Morgan fingerprint density at radius 1 is 1.13 bits per heavy atom. The van der Waals surface area contributed by atoms with E-state index in [-0.39, 0.29) is 12.1 Å². The Bertz CT molecular complexity index is 833. The Morgan fingerprint density at radius 3 is 2.60 bits per heavy atom. The van der Waals surface area contributed by atoms with Gasteiger partial charge >= 0.3 is 6.09 Å². The van der Waals surface area contributed by atoms with Crippen molar-refractivity contribution in [2.45, 2.75) is 39.0 Å². The van der Waals surface area contributed by atoms with Crippen LogP contribution in [-0.2, 0) is 17.9 Å². The lowest BCUT2D eigenvalue weighted by atomic mass is 10.1. The predicted octanol–water partition coefficient (Wildman–Crippen LogP) is 3.29. The zero-order valence-electron chi connectivity index (χ0n) is 17.4. The van der Waals surface area contributed by atoms with Crippen molar-refractivity contribution in [1.82, 2.24) is 10.2 Å². The number of amides is 1. The summed E-state index contributed by atoms with van der Waals surface area (Å²) >= 11 is 0. The second-order valence-electron chi connectivity index (χ2n) is 7.23. The van der Waals surface area contributed by atoms with Crippen LogP contribution in [0, 0.1) is 0 Å². The van der Waals surface area contributed by atoms with Crippen molar-refractivity contribution in [2.75, 3.05) is 19.7 Å². The van der Waals surface area contributed by atoms with E-state index in [2.05, 4.69) is 16.4 Å². The van der Waals surface area contributed by atoms with Gasteiger partial charge < -0.3 is 25.4 Å². The van der Waals surface area contributed by atoms with Crippen molar-refractivity contribution in [3.8, 4) is 5.75 Å². The summed E-state index contributed by atoms with van der Waals surface area (Å²) in [7, 11) is 0. The molecule has 0 spiro atoms. The van der Waals surface area contributed by atoms with Gasteiger partial charge in [-0.1, -0.05) is 42.5 Å². The average molecular weight is 411 g/mol. The maximum absolute atomic E-state index is 11.8. The lowest BCUT2D eigenvalue weighted by Gasteiger charge is -2.31. The van der Waals surface area contributed by atoms with Crippen LogP contribution in [0.5, 0.6) is 5.75 Å². The third-order valence-corrected chi connectivity index (χ3v) is 4.95. The molecular weight excluding hydrogens is 380 g/mol. The number of hydrogen-bond donors (Lipinski definition) is 2.